The fourth-order valence-corrected chi connectivity index (χ4v) is 2.19. The number of amides is 1. The van der Waals surface area contributed by atoms with Gasteiger partial charge < -0.3 is 10.6 Å². The Balaban J connectivity index is 2.52. The minimum absolute atomic E-state index is 0.136. The highest BCUT2D eigenvalue weighted by molar-refractivity contribution is 5.92. The van der Waals surface area contributed by atoms with Gasteiger partial charge in [0.05, 0.1) is 0 Å². The topological polar surface area (TPSA) is 41.1 Å². The summed E-state index contributed by atoms with van der Waals surface area (Å²) < 4.78 is 0. The van der Waals surface area contributed by atoms with Crippen LogP contribution in [0.2, 0.25) is 0 Å². The summed E-state index contributed by atoms with van der Waals surface area (Å²) in [6.45, 7) is 8.18. The number of carbonyl (C=O) groups is 1. The molecule has 0 saturated carbocycles. The zero-order valence-electron chi connectivity index (χ0n) is 13.0. The van der Waals surface area contributed by atoms with Gasteiger partial charge in [0.25, 0.3) is 0 Å². The fourth-order valence-electron chi connectivity index (χ4n) is 2.19. The first kappa shape index (κ1) is 16.7. The largest absolute Gasteiger partial charge is 0.326 e. The quantitative estimate of drug-likeness (QED) is 0.717. The average Bonchev–Trinajstić information content (AvgIpc) is 2.47. The van der Waals surface area contributed by atoms with Gasteiger partial charge in [0.15, 0.2) is 0 Å². The van der Waals surface area contributed by atoms with Crippen LogP contribution in [0.3, 0.4) is 0 Å². The lowest BCUT2D eigenvalue weighted by Crippen LogP contribution is -2.22. The second-order valence-electron chi connectivity index (χ2n) is 5.21. The van der Waals surface area contributed by atoms with E-state index in [-0.39, 0.29) is 11.8 Å². The van der Waals surface area contributed by atoms with Crippen LogP contribution >= 0.6 is 0 Å². The van der Waals surface area contributed by atoms with Gasteiger partial charge in [-0.1, -0.05) is 45.7 Å². The van der Waals surface area contributed by atoms with Crippen molar-refractivity contribution in [3.8, 4) is 0 Å². The van der Waals surface area contributed by atoms with E-state index in [1.165, 1.54) is 5.56 Å². The third-order valence-corrected chi connectivity index (χ3v) is 3.57. The Morgan fingerprint density at radius 2 is 1.85 bits per heavy atom. The van der Waals surface area contributed by atoms with Gasteiger partial charge in [0.2, 0.25) is 5.91 Å². The van der Waals surface area contributed by atoms with Crippen molar-refractivity contribution in [1.29, 1.82) is 0 Å². The maximum absolute atomic E-state index is 12.2. The summed E-state index contributed by atoms with van der Waals surface area (Å²) in [6.07, 6.45) is 4.15. The molecular formula is C17H28N2O. The van der Waals surface area contributed by atoms with E-state index in [0.717, 1.165) is 44.5 Å². The second-order valence-corrected chi connectivity index (χ2v) is 5.21. The van der Waals surface area contributed by atoms with Crippen molar-refractivity contribution in [2.24, 2.45) is 5.92 Å². The molecule has 3 heteroatoms. The molecule has 2 N–H and O–H groups in total. The zero-order chi connectivity index (χ0) is 14.8. The number of hydrogen-bond acceptors (Lipinski definition) is 2. The molecule has 1 aromatic rings. The summed E-state index contributed by atoms with van der Waals surface area (Å²) >= 11 is 0. The normalized spacial score (nSPS) is 12.2. The molecule has 3 nitrogen and oxygen atoms in total. The molecule has 0 aliphatic rings. The maximum Gasteiger partial charge on any atom is 0.227 e. The molecule has 0 heterocycles. The summed E-state index contributed by atoms with van der Waals surface area (Å²) in [5, 5.41) is 6.31. The van der Waals surface area contributed by atoms with Crippen molar-refractivity contribution in [2.45, 2.75) is 53.0 Å². The van der Waals surface area contributed by atoms with Gasteiger partial charge in [0, 0.05) is 18.2 Å². The number of benzene rings is 1. The van der Waals surface area contributed by atoms with Crippen molar-refractivity contribution in [3.63, 3.8) is 0 Å². The number of hydrogen-bond donors (Lipinski definition) is 2. The van der Waals surface area contributed by atoms with E-state index in [1.54, 1.807) is 0 Å². The van der Waals surface area contributed by atoms with Gasteiger partial charge in [-0.3, -0.25) is 4.79 Å². The first-order valence-corrected chi connectivity index (χ1v) is 7.81. The van der Waals surface area contributed by atoms with Crippen LogP contribution in [-0.4, -0.2) is 12.5 Å². The fraction of sp³-hybridized carbons (Fsp3) is 0.588. The Morgan fingerprint density at radius 3 is 2.40 bits per heavy atom. The van der Waals surface area contributed by atoms with E-state index >= 15 is 0 Å². The summed E-state index contributed by atoms with van der Waals surface area (Å²) in [4.78, 5) is 12.2. The number of nitrogens with one attached hydrogen (secondary N) is 2. The molecule has 0 bridgehead atoms. The van der Waals surface area contributed by atoms with Crippen LogP contribution < -0.4 is 10.6 Å². The average molecular weight is 276 g/mol. The van der Waals surface area contributed by atoms with E-state index in [1.807, 2.05) is 12.1 Å². The molecule has 0 aliphatic heterocycles. The molecule has 0 saturated heterocycles. The molecular weight excluding hydrogens is 248 g/mol. The van der Waals surface area contributed by atoms with Gasteiger partial charge in [-0.05, 0) is 37.1 Å². The third kappa shape index (κ3) is 5.74. The second kappa shape index (κ2) is 9.54. The Hall–Kier alpha value is -1.35. The van der Waals surface area contributed by atoms with Crippen molar-refractivity contribution in [1.82, 2.24) is 5.32 Å². The maximum atomic E-state index is 12.2. The minimum Gasteiger partial charge on any atom is -0.326 e. The minimum atomic E-state index is 0.136. The van der Waals surface area contributed by atoms with Crippen LogP contribution in [0.15, 0.2) is 24.3 Å². The standard InChI is InChI=1S/C17H28N2O/c1-4-7-8-15(5-2)17(20)19-16-11-9-14(10-12-16)13-18-6-3/h9-12,15,18H,4-8,13H2,1-3H3,(H,19,20). The predicted molar refractivity (Wildman–Crippen MR) is 85.8 cm³/mol. The van der Waals surface area contributed by atoms with Gasteiger partial charge in [-0.15, -0.1) is 0 Å². The van der Waals surface area contributed by atoms with Crippen LogP contribution in [0.4, 0.5) is 5.69 Å². The van der Waals surface area contributed by atoms with Gasteiger partial charge in [0.1, 0.15) is 0 Å². The third-order valence-electron chi connectivity index (χ3n) is 3.57. The molecule has 20 heavy (non-hydrogen) atoms. The van der Waals surface area contributed by atoms with E-state index in [9.17, 15) is 4.79 Å². The number of anilines is 1. The summed E-state index contributed by atoms with van der Waals surface area (Å²) in [7, 11) is 0. The van der Waals surface area contributed by atoms with Crippen LogP contribution in [-0.2, 0) is 11.3 Å². The molecule has 1 unspecified atom stereocenters. The van der Waals surface area contributed by atoms with E-state index < -0.39 is 0 Å². The highest BCUT2D eigenvalue weighted by atomic mass is 16.1. The van der Waals surface area contributed by atoms with Gasteiger partial charge in [-0.25, -0.2) is 0 Å². The molecule has 1 atom stereocenters. The monoisotopic (exact) mass is 276 g/mol. The Morgan fingerprint density at radius 1 is 1.15 bits per heavy atom. The zero-order valence-corrected chi connectivity index (χ0v) is 13.0. The van der Waals surface area contributed by atoms with E-state index in [4.69, 9.17) is 0 Å². The van der Waals surface area contributed by atoms with Crippen LogP contribution in [0.5, 0.6) is 0 Å². The molecule has 0 aromatic heterocycles. The highest BCUT2D eigenvalue weighted by Gasteiger charge is 2.15. The SMILES string of the molecule is CCCCC(CC)C(=O)Nc1ccc(CNCC)cc1. The summed E-state index contributed by atoms with van der Waals surface area (Å²) in [6, 6.07) is 8.09. The lowest BCUT2D eigenvalue weighted by atomic mass is 9.98. The molecule has 112 valence electrons. The molecule has 0 radical (unpaired) electrons. The smallest absolute Gasteiger partial charge is 0.227 e. The molecule has 1 rings (SSSR count). The molecule has 1 amide bonds. The van der Waals surface area contributed by atoms with Crippen molar-refractivity contribution in [3.05, 3.63) is 29.8 Å². The first-order valence-electron chi connectivity index (χ1n) is 7.81. The van der Waals surface area contributed by atoms with Crippen LogP contribution in [0.1, 0.15) is 52.0 Å². The molecule has 1 aromatic carbocycles. The highest BCUT2D eigenvalue weighted by Crippen LogP contribution is 2.16. The molecule has 0 fully saturated rings. The van der Waals surface area contributed by atoms with Gasteiger partial charge in [-0.2, -0.15) is 0 Å². The van der Waals surface area contributed by atoms with Crippen LogP contribution in [0, 0.1) is 5.92 Å². The van der Waals surface area contributed by atoms with E-state index in [2.05, 4.69) is 43.5 Å². The Labute approximate surface area is 123 Å². The predicted octanol–water partition coefficient (Wildman–Crippen LogP) is 3.95. The van der Waals surface area contributed by atoms with Crippen molar-refractivity contribution >= 4 is 11.6 Å². The van der Waals surface area contributed by atoms with Crippen molar-refractivity contribution < 1.29 is 4.79 Å². The first-order chi connectivity index (χ1) is 9.71. The lowest BCUT2D eigenvalue weighted by Gasteiger charge is -2.14. The number of rotatable bonds is 9. The van der Waals surface area contributed by atoms with Crippen LogP contribution in [0.25, 0.3) is 0 Å². The molecule has 0 aliphatic carbocycles. The summed E-state index contributed by atoms with van der Waals surface area (Å²) in [5.74, 6) is 0.289. The van der Waals surface area contributed by atoms with Gasteiger partial charge >= 0.3 is 0 Å². The Bertz CT molecular complexity index is 386. The summed E-state index contributed by atoms with van der Waals surface area (Å²) in [5.41, 5.74) is 2.13. The number of unbranched alkanes of at least 4 members (excludes halogenated alkanes) is 1. The lowest BCUT2D eigenvalue weighted by molar-refractivity contribution is -0.120. The Kier molecular flexibility index (Phi) is 7.97. The van der Waals surface area contributed by atoms with Crippen molar-refractivity contribution in [2.75, 3.05) is 11.9 Å². The number of carbonyl (C=O) groups excluding carboxylic acids is 1. The van der Waals surface area contributed by atoms with E-state index in [0.29, 0.717) is 0 Å². The molecule has 0 spiro atoms.